The fourth-order valence-corrected chi connectivity index (χ4v) is 1.92. The molecule has 1 saturated carbocycles. The van der Waals surface area contributed by atoms with Gasteiger partial charge in [0.25, 0.3) is 0 Å². The summed E-state index contributed by atoms with van der Waals surface area (Å²) >= 11 is 0. The molecule has 17 heavy (non-hydrogen) atoms. The largest absolute Gasteiger partial charge is 0.313 e. The van der Waals surface area contributed by atoms with Crippen molar-refractivity contribution in [2.24, 2.45) is 0 Å². The molecule has 1 aromatic rings. The van der Waals surface area contributed by atoms with Gasteiger partial charge in [-0.1, -0.05) is 29.8 Å². The average molecular weight is 232 g/mol. The van der Waals surface area contributed by atoms with Crippen molar-refractivity contribution in [2.75, 3.05) is 13.1 Å². The Kier molecular flexibility index (Phi) is 4.57. The fourth-order valence-electron chi connectivity index (χ4n) is 1.92. The predicted octanol–water partition coefficient (Wildman–Crippen LogP) is 2.27. The van der Waals surface area contributed by atoms with Crippen LogP contribution in [0, 0.1) is 6.92 Å². The zero-order valence-electron chi connectivity index (χ0n) is 11.0. The second kappa shape index (κ2) is 6.18. The highest BCUT2D eigenvalue weighted by Crippen LogP contribution is 2.18. The van der Waals surface area contributed by atoms with E-state index in [0.29, 0.717) is 6.04 Å². The van der Waals surface area contributed by atoms with Crippen molar-refractivity contribution < 1.29 is 0 Å². The van der Waals surface area contributed by atoms with Crippen LogP contribution < -0.4 is 10.6 Å². The summed E-state index contributed by atoms with van der Waals surface area (Å²) in [5.41, 5.74) is 2.76. The highest BCUT2D eigenvalue weighted by Gasteiger charge is 2.20. The predicted molar refractivity (Wildman–Crippen MR) is 73.4 cm³/mol. The molecule has 94 valence electrons. The van der Waals surface area contributed by atoms with Gasteiger partial charge in [-0.15, -0.1) is 0 Å². The van der Waals surface area contributed by atoms with E-state index in [0.717, 1.165) is 25.6 Å². The molecular formula is C15H24N2. The van der Waals surface area contributed by atoms with E-state index in [9.17, 15) is 0 Å². The second-order valence-corrected chi connectivity index (χ2v) is 5.27. The lowest BCUT2D eigenvalue weighted by Crippen LogP contribution is -2.38. The van der Waals surface area contributed by atoms with Crippen LogP contribution in [0.5, 0.6) is 0 Å². The van der Waals surface area contributed by atoms with Crippen LogP contribution in [0.4, 0.5) is 0 Å². The summed E-state index contributed by atoms with van der Waals surface area (Å²) < 4.78 is 0. The first kappa shape index (κ1) is 12.6. The van der Waals surface area contributed by atoms with Gasteiger partial charge < -0.3 is 10.6 Å². The number of benzene rings is 1. The van der Waals surface area contributed by atoms with E-state index in [4.69, 9.17) is 0 Å². The number of hydrogen-bond donors (Lipinski definition) is 2. The van der Waals surface area contributed by atoms with E-state index in [2.05, 4.69) is 48.7 Å². The third-order valence-corrected chi connectivity index (χ3v) is 3.32. The van der Waals surface area contributed by atoms with Crippen LogP contribution in [0.25, 0.3) is 0 Å². The first-order valence-electron chi connectivity index (χ1n) is 6.76. The summed E-state index contributed by atoms with van der Waals surface area (Å²) in [5.74, 6) is 0. The Balaban J connectivity index is 1.59. The van der Waals surface area contributed by atoms with Crippen LogP contribution in [-0.2, 0) is 6.42 Å². The van der Waals surface area contributed by atoms with Gasteiger partial charge in [-0.3, -0.25) is 0 Å². The lowest BCUT2D eigenvalue weighted by Gasteiger charge is -2.14. The molecule has 0 saturated heterocycles. The van der Waals surface area contributed by atoms with E-state index in [1.807, 2.05) is 0 Å². The molecule has 2 N–H and O–H groups in total. The minimum Gasteiger partial charge on any atom is -0.313 e. The normalized spacial score (nSPS) is 17.1. The molecule has 1 aromatic carbocycles. The van der Waals surface area contributed by atoms with Gasteiger partial charge in [0.05, 0.1) is 0 Å². The Bertz CT molecular complexity index is 327. The molecular weight excluding hydrogens is 208 g/mol. The Hall–Kier alpha value is -0.860. The van der Waals surface area contributed by atoms with E-state index in [-0.39, 0.29) is 0 Å². The Morgan fingerprint density at radius 1 is 1.24 bits per heavy atom. The van der Waals surface area contributed by atoms with Gasteiger partial charge in [0.15, 0.2) is 0 Å². The standard InChI is InChI=1S/C15H24N2/c1-12-3-5-14(6-4-12)9-10-16-13(2)11-17-15-7-8-15/h3-6,13,15-17H,7-11H2,1-2H3. The quantitative estimate of drug-likeness (QED) is 0.753. The lowest BCUT2D eigenvalue weighted by molar-refractivity contribution is 0.503. The molecule has 1 aliphatic rings. The van der Waals surface area contributed by atoms with Crippen LogP contribution in [0.2, 0.25) is 0 Å². The van der Waals surface area contributed by atoms with Gasteiger partial charge in [-0.05, 0) is 45.2 Å². The molecule has 1 fully saturated rings. The van der Waals surface area contributed by atoms with Gasteiger partial charge in [-0.2, -0.15) is 0 Å². The monoisotopic (exact) mass is 232 g/mol. The minimum absolute atomic E-state index is 0.570. The second-order valence-electron chi connectivity index (χ2n) is 5.27. The molecule has 2 heteroatoms. The summed E-state index contributed by atoms with van der Waals surface area (Å²) in [6.45, 7) is 6.55. The molecule has 2 rings (SSSR count). The smallest absolute Gasteiger partial charge is 0.0164 e. The highest BCUT2D eigenvalue weighted by molar-refractivity contribution is 5.21. The highest BCUT2D eigenvalue weighted by atomic mass is 15.0. The SMILES string of the molecule is Cc1ccc(CCNC(C)CNC2CC2)cc1. The molecule has 0 spiro atoms. The van der Waals surface area contributed by atoms with E-state index >= 15 is 0 Å². The van der Waals surface area contributed by atoms with Crippen molar-refractivity contribution >= 4 is 0 Å². The molecule has 0 aliphatic heterocycles. The van der Waals surface area contributed by atoms with Crippen molar-refractivity contribution in [1.29, 1.82) is 0 Å². The maximum absolute atomic E-state index is 3.57. The van der Waals surface area contributed by atoms with E-state index in [1.165, 1.54) is 24.0 Å². The maximum atomic E-state index is 3.57. The molecule has 0 radical (unpaired) electrons. The lowest BCUT2D eigenvalue weighted by atomic mass is 10.1. The molecule has 1 aliphatic carbocycles. The summed E-state index contributed by atoms with van der Waals surface area (Å²) in [7, 11) is 0. The van der Waals surface area contributed by atoms with Gasteiger partial charge >= 0.3 is 0 Å². The first-order chi connectivity index (χ1) is 8.24. The van der Waals surface area contributed by atoms with Crippen molar-refractivity contribution in [3.05, 3.63) is 35.4 Å². The van der Waals surface area contributed by atoms with Gasteiger partial charge in [0.2, 0.25) is 0 Å². The maximum Gasteiger partial charge on any atom is 0.0164 e. The summed E-state index contributed by atoms with van der Waals surface area (Å²) in [6.07, 6.45) is 3.86. The molecule has 0 bridgehead atoms. The topological polar surface area (TPSA) is 24.1 Å². The number of nitrogens with one attached hydrogen (secondary N) is 2. The summed E-state index contributed by atoms with van der Waals surface area (Å²) in [6, 6.07) is 10.2. The summed E-state index contributed by atoms with van der Waals surface area (Å²) in [4.78, 5) is 0. The fraction of sp³-hybridized carbons (Fsp3) is 0.600. The zero-order valence-corrected chi connectivity index (χ0v) is 11.0. The van der Waals surface area contributed by atoms with Crippen molar-refractivity contribution in [3.8, 4) is 0 Å². The van der Waals surface area contributed by atoms with Crippen molar-refractivity contribution in [2.45, 2.75) is 45.2 Å². The Morgan fingerprint density at radius 2 is 1.94 bits per heavy atom. The third kappa shape index (κ3) is 4.88. The number of hydrogen-bond acceptors (Lipinski definition) is 2. The molecule has 1 unspecified atom stereocenters. The van der Waals surface area contributed by atoms with E-state index in [1.54, 1.807) is 0 Å². The van der Waals surface area contributed by atoms with Crippen molar-refractivity contribution in [3.63, 3.8) is 0 Å². The molecule has 1 atom stereocenters. The van der Waals surface area contributed by atoms with Crippen LogP contribution in [-0.4, -0.2) is 25.2 Å². The van der Waals surface area contributed by atoms with Crippen LogP contribution >= 0.6 is 0 Å². The van der Waals surface area contributed by atoms with Crippen LogP contribution in [0.1, 0.15) is 30.9 Å². The van der Waals surface area contributed by atoms with E-state index < -0.39 is 0 Å². The Morgan fingerprint density at radius 3 is 2.59 bits per heavy atom. The van der Waals surface area contributed by atoms with Crippen LogP contribution in [0.3, 0.4) is 0 Å². The van der Waals surface area contributed by atoms with Crippen LogP contribution in [0.15, 0.2) is 24.3 Å². The third-order valence-electron chi connectivity index (χ3n) is 3.32. The van der Waals surface area contributed by atoms with Gasteiger partial charge in [-0.25, -0.2) is 0 Å². The zero-order chi connectivity index (χ0) is 12.1. The first-order valence-corrected chi connectivity index (χ1v) is 6.76. The van der Waals surface area contributed by atoms with Gasteiger partial charge in [0.1, 0.15) is 0 Å². The van der Waals surface area contributed by atoms with Crippen molar-refractivity contribution in [1.82, 2.24) is 10.6 Å². The summed E-state index contributed by atoms with van der Waals surface area (Å²) in [5, 5.41) is 7.12. The Labute approximate surface area is 105 Å². The molecule has 2 nitrogen and oxygen atoms in total. The molecule has 0 aromatic heterocycles. The molecule has 0 heterocycles. The number of rotatable bonds is 7. The minimum atomic E-state index is 0.570. The average Bonchev–Trinajstić information content (AvgIpc) is 3.13. The molecule has 0 amide bonds. The number of aryl methyl sites for hydroxylation is 1. The van der Waals surface area contributed by atoms with Gasteiger partial charge in [0, 0.05) is 18.6 Å².